The van der Waals surface area contributed by atoms with Gasteiger partial charge in [0, 0.05) is 23.0 Å². The highest BCUT2D eigenvalue weighted by Gasteiger charge is 2.34. The van der Waals surface area contributed by atoms with E-state index < -0.39 is 23.8 Å². The zero-order valence-corrected chi connectivity index (χ0v) is 18.7. The van der Waals surface area contributed by atoms with Crippen molar-refractivity contribution < 1.29 is 27.8 Å². The monoisotopic (exact) mass is 450 g/mol. The fourth-order valence-corrected chi connectivity index (χ4v) is 4.94. The van der Waals surface area contributed by atoms with Crippen molar-refractivity contribution in [2.75, 3.05) is 5.75 Å². The zero-order valence-electron chi connectivity index (χ0n) is 17.8. The van der Waals surface area contributed by atoms with Gasteiger partial charge in [0.1, 0.15) is 17.4 Å². The molecular weight excluding hydrogens is 425 g/mol. The second-order valence-corrected chi connectivity index (χ2v) is 9.15. The number of halogens is 3. The number of hydrogen-bond acceptors (Lipinski definition) is 4. The number of aliphatic hydroxyl groups excluding tert-OH is 1. The van der Waals surface area contributed by atoms with Gasteiger partial charge in [0.15, 0.2) is 0 Å². The maximum Gasteiger partial charge on any atom is 0.416 e. The van der Waals surface area contributed by atoms with Gasteiger partial charge >= 0.3 is 12.1 Å². The molecule has 7 heteroatoms. The van der Waals surface area contributed by atoms with E-state index in [1.165, 1.54) is 17.8 Å². The summed E-state index contributed by atoms with van der Waals surface area (Å²) in [6.07, 6.45) is -4.75. The van der Waals surface area contributed by atoms with Crippen LogP contribution < -0.4 is 0 Å². The molecule has 0 bridgehead atoms. The van der Waals surface area contributed by atoms with Crippen LogP contribution in [0.1, 0.15) is 41.2 Å². The van der Waals surface area contributed by atoms with Gasteiger partial charge in [-0.1, -0.05) is 30.7 Å². The predicted octanol–water partition coefficient (Wildman–Crippen LogP) is 6.64. The van der Waals surface area contributed by atoms with Crippen LogP contribution in [0.5, 0.6) is 0 Å². The molecule has 2 atom stereocenters. The van der Waals surface area contributed by atoms with Crippen molar-refractivity contribution in [2.24, 2.45) is 5.92 Å². The molecule has 3 rings (SSSR count). The van der Waals surface area contributed by atoms with Gasteiger partial charge in [-0.25, -0.2) is 4.79 Å². The molecule has 2 aromatic carbocycles. The first-order valence-electron chi connectivity index (χ1n) is 9.98. The second kappa shape index (κ2) is 8.99. The number of aliphatic hydroxyl groups is 1. The number of thioether (sulfide) groups is 1. The lowest BCUT2D eigenvalue weighted by atomic mass is 9.89. The molecule has 0 fully saturated rings. The summed E-state index contributed by atoms with van der Waals surface area (Å²) >= 11 is 1.27. The maximum absolute atomic E-state index is 12.9. The zero-order chi connectivity index (χ0) is 22.9. The van der Waals surface area contributed by atoms with Crippen LogP contribution in [0, 0.1) is 26.7 Å². The summed E-state index contributed by atoms with van der Waals surface area (Å²) in [4.78, 5) is 13.3. The number of benzene rings is 2. The average Bonchev–Trinajstić information content (AvgIpc) is 2.66. The Labute approximate surface area is 184 Å². The van der Waals surface area contributed by atoms with Gasteiger partial charge in [-0.2, -0.15) is 13.2 Å². The Morgan fingerprint density at radius 3 is 2.39 bits per heavy atom. The Bertz CT molecular complexity index is 1000. The number of aryl methyl sites for hydroxylation is 3. The van der Waals surface area contributed by atoms with Crippen molar-refractivity contribution in [1.29, 1.82) is 0 Å². The van der Waals surface area contributed by atoms with E-state index in [0.29, 0.717) is 16.2 Å². The molecule has 0 spiro atoms. The molecule has 1 aliphatic rings. The number of carbonyl (C=O) groups is 1. The fraction of sp³-hybridized carbons (Fsp3) is 0.375. The summed E-state index contributed by atoms with van der Waals surface area (Å²) < 4.78 is 44.3. The van der Waals surface area contributed by atoms with Crippen LogP contribution in [-0.2, 0) is 15.7 Å². The van der Waals surface area contributed by atoms with Crippen LogP contribution in [0.3, 0.4) is 0 Å². The fourth-order valence-electron chi connectivity index (χ4n) is 3.88. The Hall–Kier alpha value is -2.41. The first-order valence-corrected chi connectivity index (χ1v) is 11.0. The molecule has 0 aliphatic carbocycles. The third-order valence-corrected chi connectivity index (χ3v) is 6.66. The Kier molecular flexibility index (Phi) is 6.74. The summed E-state index contributed by atoms with van der Waals surface area (Å²) in [5, 5.41) is 10.7. The average molecular weight is 451 g/mol. The van der Waals surface area contributed by atoms with Gasteiger partial charge < -0.3 is 9.84 Å². The largest absolute Gasteiger partial charge is 0.511 e. The van der Waals surface area contributed by atoms with Crippen LogP contribution in [0.15, 0.2) is 47.1 Å². The lowest BCUT2D eigenvalue weighted by Crippen LogP contribution is -2.32. The topological polar surface area (TPSA) is 46.5 Å². The van der Waals surface area contributed by atoms with E-state index in [2.05, 4.69) is 0 Å². The number of alkyl halides is 3. The SMILES string of the molecule is Cc1cc(C)c(C2=C(O)CC(C(C)CSc3cccc(C(F)(F)F)c3)OC2=O)c(C)c1. The first-order chi connectivity index (χ1) is 14.5. The molecule has 166 valence electrons. The molecule has 1 N–H and O–H groups in total. The summed E-state index contributed by atoms with van der Waals surface area (Å²) in [6.45, 7) is 7.61. The van der Waals surface area contributed by atoms with Gasteiger partial charge in [0.05, 0.1) is 5.56 Å². The Morgan fingerprint density at radius 1 is 1.16 bits per heavy atom. The highest BCUT2D eigenvalue weighted by atomic mass is 32.2. The molecular formula is C24H25F3O3S. The summed E-state index contributed by atoms with van der Waals surface area (Å²) in [6, 6.07) is 9.06. The highest BCUT2D eigenvalue weighted by molar-refractivity contribution is 7.99. The molecule has 3 nitrogen and oxygen atoms in total. The number of cyclic esters (lactones) is 1. The molecule has 31 heavy (non-hydrogen) atoms. The van der Waals surface area contributed by atoms with Crippen molar-refractivity contribution in [3.8, 4) is 0 Å². The van der Waals surface area contributed by atoms with E-state index in [-0.39, 0.29) is 23.7 Å². The minimum absolute atomic E-state index is 0.00720. The number of ether oxygens (including phenoxy) is 1. The van der Waals surface area contributed by atoms with Gasteiger partial charge in [-0.05, 0) is 55.7 Å². The highest BCUT2D eigenvalue weighted by Crippen LogP contribution is 2.36. The van der Waals surface area contributed by atoms with Crippen molar-refractivity contribution in [2.45, 2.75) is 51.3 Å². The summed E-state index contributed by atoms with van der Waals surface area (Å²) in [7, 11) is 0. The molecule has 1 heterocycles. The standard InChI is InChI=1S/C24H25F3O3S/c1-13-8-14(2)21(15(3)9-13)22-19(28)11-20(30-23(22)29)16(4)12-31-18-7-5-6-17(10-18)24(25,26)27/h5-10,16,20,28H,11-12H2,1-4H3. The molecule has 0 aromatic heterocycles. The number of hydrogen-bond donors (Lipinski definition) is 1. The molecule has 0 radical (unpaired) electrons. The third-order valence-electron chi connectivity index (χ3n) is 5.38. The van der Waals surface area contributed by atoms with E-state index in [9.17, 15) is 23.1 Å². The second-order valence-electron chi connectivity index (χ2n) is 8.06. The van der Waals surface area contributed by atoms with Crippen LogP contribution in [0.25, 0.3) is 5.57 Å². The van der Waals surface area contributed by atoms with Crippen molar-refractivity contribution in [3.63, 3.8) is 0 Å². The quantitative estimate of drug-likeness (QED) is 0.410. The van der Waals surface area contributed by atoms with Crippen LogP contribution in [-0.4, -0.2) is 22.9 Å². The molecule has 0 amide bonds. The van der Waals surface area contributed by atoms with E-state index in [1.807, 2.05) is 39.8 Å². The van der Waals surface area contributed by atoms with Crippen LogP contribution in [0.4, 0.5) is 13.2 Å². The van der Waals surface area contributed by atoms with Crippen LogP contribution in [0.2, 0.25) is 0 Å². The van der Waals surface area contributed by atoms with E-state index in [4.69, 9.17) is 4.74 Å². The molecule has 0 saturated carbocycles. The van der Waals surface area contributed by atoms with Gasteiger partial charge in [-0.3, -0.25) is 0 Å². The number of carbonyl (C=O) groups excluding carboxylic acids is 1. The smallest absolute Gasteiger partial charge is 0.416 e. The lowest BCUT2D eigenvalue weighted by molar-refractivity contribution is -0.145. The lowest BCUT2D eigenvalue weighted by Gasteiger charge is -2.29. The normalized spacial score (nSPS) is 18.2. The Morgan fingerprint density at radius 2 is 1.81 bits per heavy atom. The first kappa shape index (κ1) is 23.3. The van der Waals surface area contributed by atoms with Gasteiger partial charge in [0.2, 0.25) is 0 Å². The van der Waals surface area contributed by atoms with Crippen molar-refractivity contribution >= 4 is 23.3 Å². The Balaban J connectivity index is 1.73. The van der Waals surface area contributed by atoms with E-state index >= 15 is 0 Å². The van der Waals surface area contributed by atoms with Crippen molar-refractivity contribution in [1.82, 2.24) is 0 Å². The minimum atomic E-state index is -4.39. The molecule has 2 unspecified atom stereocenters. The van der Waals surface area contributed by atoms with E-state index in [1.54, 1.807) is 6.07 Å². The predicted molar refractivity (Wildman–Crippen MR) is 116 cm³/mol. The molecule has 0 saturated heterocycles. The van der Waals surface area contributed by atoms with Gasteiger partial charge in [0.25, 0.3) is 0 Å². The minimum Gasteiger partial charge on any atom is -0.511 e. The third kappa shape index (κ3) is 5.26. The number of esters is 1. The van der Waals surface area contributed by atoms with Crippen LogP contribution >= 0.6 is 11.8 Å². The number of rotatable bonds is 5. The van der Waals surface area contributed by atoms with Crippen molar-refractivity contribution in [3.05, 3.63) is 70.0 Å². The summed E-state index contributed by atoms with van der Waals surface area (Å²) in [5.41, 5.74) is 3.05. The van der Waals surface area contributed by atoms with Gasteiger partial charge in [-0.15, -0.1) is 11.8 Å². The molecule has 1 aliphatic heterocycles. The molecule has 2 aromatic rings. The summed E-state index contributed by atoms with van der Waals surface area (Å²) in [5.74, 6) is -0.288. The van der Waals surface area contributed by atoms with E-state index in [0.717, 1.165) is 28.8 Å². The maximum atomic E-state index is 12.9.